The molecule has 0 radical (unpaired) electrons. The van der Waals surface area contributed by atoms with E-state index in [0.717, 1.165) is 6.08 Å². The molecule has 104 valence electrons. The first-order chi connectivity index (χ1) is 8.69. The fourth-order valence-electron chi connectivity index (χ4n) is 1.19. The predicted octanol–water partition coefficient (Wildman–Crippen LogP) is 2.52. The molecular formula is C10H10Cl2NO5P. The highest BCUT2D eigenvalue weighted by Crippen LogP contribution is 2.35. The van der Waals surface area contributed by atoms with E-state index in [2.05, 4.69) is 0 Å². The summed E-state index contributed by atoms with van der Waals surface area (Å²) in [7, 11) is -4.31. The number of nitrogens with zero attached hydrogens (tertiary/aromatic N) is 1. The maximum atomic E-state index is 11.7. The van der Waals surface area contributed by atoms with Crippen molar-refractivity contribution in [1.82, 2.24) is 5.06 Å². The van der Waals surface area contributed by atoms with Gasteiger partial charge in [-0.25, -0.2) is 5.06 Å². The summed E-state index contributed by atoms with van der Waals surface area (Å²) < 4.78 is 10.5. The predicted molar refractivity (Wildman–Crippen MR) is 70.5 cm³/mol. The summed E-state index contributed by atoms with van der Waals surface area (Å²) in [6.07, 6.45) is 0.977. The number of carbonyl (C=O) groups excluding carboxylic acids is 1. The van der Waals surface area contributed by atoms with Crippen molar-refractivity contribution in [3.63, 3.8) is 0 Å². The van der Waals surface area contributed by atoms with Crippen LogP contribution >= 0.6 is 30.8 Å². The number of halogens is 2. The quantitative estimate of drug-likeness (QED) is 0.449. The molecule has 1 aromatic rings. The minimum atomic E-state index is -4.31. The highest BCUT2D eigenvalue weighted by atomic mass is 35.5. The van der Waals surface area contributed by atoms with Crippen molar-refractivity contribution in [2.45, 2.75) is 0 Å². The summed E-state index contributed by atoms with van der Waals surface area (Å²) in [6.45, 7) is -0.381. The number of amides is 1. The molecule has 0 saturated heterocycles. The summed E-state index contributed by atoms with van der Waals surface area (Å²) in [5, 5.41) is 10.2. The van der Waals surface area contributed by atoms with Crippen LogP contribution in [0.3, 0.4) is 0 Å². The lowest BCUT2D eigenvalue weighted by atomic mass is 10.2. The Morgan fingerprint density at radius 1 is 1.26 bits per heavy atom. The van der Waals surface area contributed by atoms with E-state index in [1.807, 2.05) is 0 Å². The van der Waals surface area contributed by atoms with E-state index < -0.39 is 13.5 Å². The molecule has 0 spiro atoms. The molecule has 19 heavy (non-hydrogen) atoms. The molecule has 0 heterocycles. The minimum absolute atomic E-state index is 0.0598. The smallest absolute Gasteiger partial charge is 0.321 e. The van der Waals surface area contributed by atoms with Crippen molar-refractivity contribution >= 4 is 36.7 Å². The molecular weight excluding hydrogens is 316 g/mol. The number of rotatable bonds is 4. The first-order valence-electron chi connectivity index (χ1n) is 4.89. The average Bonchev–Trinajstić information content (AvgIpc) is 2.24. The van der Waals surface area contributed by atoms with Crippen LogP contribution in [0, 0.1) is 0 Å². The van der Waals surface area contributed by atoms with Crippen molar-refractivity contribution in [3.05, 3.63) is 45.7 Å². The van der Waals surface area contributed by atoms with Gasteiger partial charge in [0.15, 0.2) is 0 Å². The van der Waals surface area contributed by atoms with Crippen molar-refractivity contribution in [3.8, 4) is 0 Å². The molecule has 6 nitrogen and oxygen atoms in total. The van der Waals surface area contributed by atoms with Gasteiger partial charge in [-0.05, 0) is 18.2 Å². The van der Waals surface area contributed by atoms with Crippen LogP contribution in [0.4, 0.5) is 0 Å². The minimum Gasteiger partial charge on any atom is -0.321 e. The van der Waals surface area contributed by atoms with Gasteiger partial charge in [-0.2, -0.15) is 0 Å². The van der Waals surface area contributed by atoms with Crippen LogP contribution in [-0.2, 0) is 4.57 Å². The van der Waals surface area contributed by atoms with Crippen LogP contribution in [0.25, 0.3) is 0 Å². The summed E-state index contributed by atoms with van der Waals surface area (Å²) in [6, 6.07) is 4.05. The highest BCUT2D eigenvalue weighted by molar-refractivity contribution is 7.55. The second-order valence-electron chi connectivity index (χ2n) is 3.52. The van der Waals surface area contributed by atoms with Gasteiger partial charge in [0.1, 0.15) is 0 Å². The number of hydrogen-bond donors (Lipinski definition) is 3. The van der Waals surface area contributed by atoms with E-state index >= 15 is 0 Å². The molecule has 0 aromatic heterocycles. The molecule has 0 aliphatic rings. The Morgan fingerprint density at radius 3 is 2.26 bits per heavy atom. The Kier molecular flexibility index (Phi) is 5.55. The third kappa shape index (κ3) is 5.74. The van der Waals surface area contributed by atoms with Gasteiger partial charge >= 0.3 is 7.60 Å². The number of carbonyl (C=O) groups is 1. The van der Waals surface area contributed by atoms with E-state index in [1.165, 1.54) is 18.2 Å². The molecule has 0 saturated carbocycles. The summed E-state index contributed by atoms with van der Waals surface area (Å²) >= 11 is 11.4. The van der Waals surface area contributed by atoms with Crippen molar-refractivity contribution in [2.75, 3.05) is 6.54 Å². The fraction of sp³-hybridized carbons (Fsp3) is 0.100. The monoisotopic (exact) mass is 325 g/mol. The fourth-order valence-corrected chi connectivity index (χ4v) is 2.09. The van der Waals surface area contributed by atoms with Gasteiger partial charge in [0, 0.05) is 21.4 Å². The molecule has 3 N–H and O–H groups in total. The maximum absolute atomic E-state index is 11.7. The largest absolute Gasteiger partial charge is 0.348 e. The van der Waals surface area contributed by atoms with Crippen molar-refractivity contribution < 1.29 is 24.4 Å². The van der Waals surface area contributed by atoms with Gasteiger partial charge in [0.25, 0.3) is 5.91 Å². The average molecular weight is 326 g/mol. The molecule has 0 unspecified atom stereocenters. The van der Waals surface area contributed by atoms with Gasteiger partial charge in [-0.15, -0.1) is 0 Å². The van der Waals surface area contributed by atoms with E-state index in [1.54, 1.807) is 0 Å². The van der Waals surface area contributed by atoms with Crippen LogP contribution in [0.1, 0.15) is 10.4 Å². The van der Waals surface area contributed by atoms with Crippen LogP contribution < -0.4 is 0 Å². The van der Waals surface area contributed by atoms with Gasteiger partial charge in [-0.1, -0.05) is 29.3 Å². The van der Waals surface area contributed by atoms with Gasteiger partial charge in [0.2, 0.25) is 0 Å². The zero-order valence-corrected chi connectivity index (χ0v) is 11.8. The van der Waals surface area contributed by atoms with E-state index in [-0.39, 0.29) is 27.2 Å². The second-order valence-corrected chi connectivity index (χ2v) is 5.87. The Morgan fingerprint density at radius 2 is 1.79 bits per heavy atom. The zero-order chi connectivity index (χ0) is 14.6. The maximum Gasteiger partial charge on any atom is 0.348 e. The summed E-state index contributed by atoms with van der Waals surface area (Å²) in [5.41, 5.74) is 0.0598. The Labute approximate surface area is 119 Å². The SMILES string of the molecule is O=C(c1cc(Cl)cc(Cl)c1)N(O)C/C=C/P(=O)(O)O. The van der Waals surface area contributed by atoms with Gasteiger partial charge in [-0.3, -0.25) is 14.6 Å². The van der Waals surface area contributed by atoms with Crippen LogP contribution in [0.2, 0.25) is 10.0 Å². The number of hydrogen-bond acceptors (Lipinski definition) is 3. The third-order valence-electron chi connectivity index (χ3n) is 1.92. The molecule has 1 amide bonds. The first kappa shape index (κ1) is 16.2. The summed E-state index contributed by atoms with van der Waals surface area (Å²) in [4.78, 5) is 28.9. The normalized spacial score (nSPS) is 11.8. The van der Waals surface area contributed by atoms with Gasteiger partial charge < -0.3 is 9.79 Å². The highest BCUT2D eigenvalue weighted by Gasteiger charge is 2.14. The standard InChI is InChI=1S/C10H10Cl2NO5P/c11-8-4-7(5-9(12)6-8)10(14)13(15)2-1-3-19(16,17)18/h1,3-6,15H,2H2,(H2,16,17,18)/b3-1+. The molecule has 1 rings (SSSR count). The zero-order valence-electron chi connectivity index (χ0n) is 9.40. The van der Waals surface area contributed by atoms with Crippen LogP contribution in [-0.4, -0.2) is 32.5 Å². The first-order valence-corrected chi connectivity index (χ1v) is 7.32. The molecule has 0 fully saturated rings. The Hall–Kier alpha value is -0.880. The van der Waals surface area contributed by atoms with E-state index in [9.17, 15) is 14.6 Å². The lowest BCUT2D eigenvalue weighted by Gasteiger charge is -2.13. The Bertz CT molecular complexity index is 537. The molecule has 0 bridgehead atoms. The Balaban J connectivity index is 2.77. The number of benzene rings is 1. The molecule has 0 aliphatic heterocycles. The topological polar surface area (TPSA) is 98.1 Å². The summed E-state index contributed by atoms with van der Waals surface area (Å²) in [5.74, 6) is -0.200. The van der Waals surface area contributed by atoms with Crippen molar-refractivity contribution in [2.24, 2.45) is 0 Å². The van der Waals surface area contributed by atoms with E-state index in [0.29, 0.717) is 5.82 Å². The number of hydroxylamine groups is 2. The van der Waals surface area contributed by atoms with Crippen LogP contribution in [0.5, 0.6) is 0 Å². The molecule has 1 aromatic carbocycles. The second kappa shape index (κ2) is 6.52. The van der Waals surface area contributed by atoms with Crippen molar-refractivity contribution in [1.29, 1.82) is 0 Å². The lowest BCUT2D eigenvalue weighted by Crippen LogP contribution is -2.27. The van der Waals surface area contributed by atoms with Gasteiger partial charge in [0.05, 0.1) is 6.54 Å². The van der Waals surface area contributed by atoms with Crippen LogP contribution in [0.15, 0.2) is 30.1 Å². The van der Waals surface area contributed by atoms with E-state index in [4.69, 9.17) is 33.0 Å². The molecule has 9 heteroatoms. The lowest BCUT2D eigenvalue weighted by molar-refractivity contribution is -0.0494. The molecule has 0 aliphatic carbocycles. The third-order valence-corrected chi connectivity index (χ3v) is 2.96. The molecule has 0 atom stereocenters.